The van der Waals surface area contributed by atoms with Crippen molar-refractivity contribution in [3.63, 3.8) is 0 Å². The van der Waals surface area contributed by atoms with Gasteiger partial charge in [-0.1, -0.05) is 30.3 Å². The largest absolute Gasteiger partial charge is 0.492 e. The summed E-state index contributed by atoms with van der Waals surface area (Å²) >= 11 is 0. The summed E-state index contributed by atoms with van der Waals surface area (Å²) in [7, 11) is 0. The van der Waals surface area contributed by atoms with Gasteiger partial charge in [0.2, 0.25) is 5.91 Å². The molecule has 1 fully saturated rings. The molecule has 6 nitrogen and oxygen atoms in total. The fourth-order valence-electron chi connectivity index (χ4n) is 2.98. The Morgan fingerprint density at radius 1 is 0.963 bits per heavy atom. The summed E-state index contributed by atoms with van der Waals surface area (Å²) in [6.45, 7) is 2.54. The number of hydrogen-bond acceptors (Lipinski definition) is 3. The molecular formula is C21H25N3O3. The zero-order valence-corrected chi connectivity index (χ0v) is 15.3. The van der Waals surface area contributed by atoms with E-state index in [2.05, 4.69) is 10.6 Å². The van der Waals surface area contributed by atoms with Gasteiger partial charge in [0.1, 0.15) is 12.4 Å². The highest BCUT2D eigenvalue weighted by molar-refractivity contribution is 5.89. The minimum absolute atomic E-state index is 0.171. The van der Waals surface area contributed by atoms with Crippen molar-refractivity contribution in [1.82, 2.24) is 10.2 Å². The molecule has 2 N–H and O–H groups in total. The highest BCUT2D eigenvalue weighted by atomic mass is 16.5. The second-order valence-corrected chi connectivity index (χ2v) is 6.50. The topological polar surface area (TPSA) is 70.7 Å². The number of nitrogens with zero attached hydrogens (tertiary/aromatic N) is 1. The first-order valence-electron chi connectivity index (χ1n) is 9.30. The maximum atomic E-state index is 12.2. The van der Waals surface area contributed by atoms with Crippen LogP contribution >= 0.6 is 0 Å². The number of hydrogen-bond donors (Lipinski definition) is 2. The first-order valence-corrected chi connectivity index (χ1v) is 9.30. The number of nitrogens with one attached hydrogen (secondary N) is 2. The van der Waals surface area contributed by atoms with Crippen LogP contribution in [0, 0.1) is 0 Å². The van der Waals surface area contributed by atoms with Crippen molar-refractivity contribution in [2.75, 3.05) is 31.6 Å². The van der Waals surface area contributed by atoms with Crippen LogP contribution in [0.1, 0.15) is 18.4 Å². The van der Waals surface area contributed by atoms with Crippen molar-refractivity contribution in [3.8, 4) is 5.75 Å². The average molecular weight is 367 g/mol. The molecule has 1 aliphatic heterocycles. The molecule has 3 amide bonds. The van der Waals surface area contributed by atoms with Crippen molar-refractivity contribution >= 4 is 17.6 Å². The molecule has 2 aromatic rings. The smallest absolute Gasteiger partial charge is 0.319 e. The van der Waals surface area contributed by atoms with Crippen LogP contribution in [0.5, 0.6) is 5.75 Å². The fourth-order valence-corrected chi connectivity index (χ4v) is 2.98. The maximum Gasteiger partial charge on any atom is 0.319 e. The SMILES string of the molecule is O=C(NCCOc1ccccc1)Nc1ccc(CC(=O)N2CCCC2)cc1. The zero-order chi connectivity index (χ0) is 18.9. The van der Waals surface area contributed by atoms with E-state index in [1.165, 1.54) is 0 Å². The Balaban J connectivity index is 1.37. The Hall–Kier alpha value is -3.02. The molecule has 6 heteroatoms. The van der Waals surface area contributed by atoms with Crippen molar-refractivity contribution in [2.24, 2.45) is 0 Å². The van der Waals surface area contributed by atoms with E-state index >= 15 is 0 Å². The van der Waals surface area contributed by atoms with Gasteiger partial charge < -0.3 is 20.3 Å². The molecule has 0 unspecified atom stereocenters. The lowest BCUT2D eigenvalue weighted by Crippen LogP contribution is -2.32. The lowest BCUT2D eigenvalue weighted by Gasteiger charge is -2.15. The lowest BCUT2D eigenvalue weighted by atomic mass is 10.1. The summed E-state index contributed by atoms with van der Waals surface area (Å²) in [6.07, 6.45) is 2.60. The number of urea groups is 1. The molecule has 0 atom stereocenters. The highest BCUT2D eigenvalue weighted by Gasteiger charge is 2.17. The van der Waals surface area contributed by atoms with Gasteiger partial charge in [-0.05, 0) is 42.7 Å². The molecule has 142 valence electrons. The van der Waals surface area contributed by atoms with E-state index in [4.69, 9.17) is 4.74 Å². The summed E-state index contributed by atoms with van der Waals surface area (Å²) in [5.74, 6) is 0.947. The average Bonchev–Trinajstić information content (AvgIpc) is 3.23. The second kappa shape index (κ2) is 9.62. The minimum Gasteiger partial charge on any atom is -0.492 e. The van der Waals surface area contributed by atoms with Gasteiger partial charge in [0.05, 0.1) is 13.0 Å². The molecule has 0 radical (unpaired) electrons. The summed E-state index contributed by atoms with van der Waals surface area (Å²) in [4.78, 5) is 26.0. The fraction of sp³-hybridized carbons (Fsp3) is 0.333. The standard InChI is InChI=1S/C21H25N3O3/c25-20(24-13-4-5-14-24)16-17-8-10-18(11-9-17)23-21(26)22-12-15-27-19-6-2-1-3-7-19/h1-3,6-11H,4-5,12-16H2,(H2,22,23,26). The van der Waals surface area contributed by atoms with Crippen LogP contribution < -0.4 is 15.4 Å². The quantitative estimate of drug-likeness (QED) is 0.739. The predicted octanol–water partition coefficient (Wildman–Crippen LogP) is 3.05. The monoisotopic (exact) mass is 367 g/mol. The third-order valence-corrected chi connectivity index (χ3v) is 4.43. The zero-order valence-electron chi connectivity index (χ0n) is 15.3. The van der Waals surface area contributed by atoms with Gasteiger partial charge in [0.15, 0.2) is 0 Å². The molecule has 0 bridgehead atoms. The molecule has 2 aromatic carbocycles. The highest BCUT2D eigenvalue weighted by Crippen LogP contribution is 2.13. The second-order valence-electron chi connectivity index (χ2n) is 6.50. The van der Waals surface area contributed by atoms with E-state index in [-0.39, 0.29) is 11.9 Å². The van der Waals surface area contributed by atoms with Crippen molar-refractivity contribution in [2.45, 2.75) is 19.3 Å². The van der Waals surface area contributed by atoms with Gasteiger partial charge >= 0.3 is 6.03 Å². The summed E-state index contributed by atoms with van der Waals surface area (Å²) in [5, 5.41) is 5.52. The van der Waals surface area contributed by atoms with E-state index in [9.17, 15) is 9.59 Å². The van der Waals surface area contributed by atoms with Gasteiger partial charge in [0.25, 0.3) is 0 Å². The normalized spacial score (nSPS) is 13.3. The Morgan fingerprint density at radius 2 is 1.67 bits per heavy atom. The van der Waals surface area contributed by atoms with Crippen LogP contribution in [0.25, 0.3) is 0 Å². The maximum absolute atomic E-state index is 12.2. The molecule has 1 saturated heterocycles. The van der Waals surface area contributed by atoms with E-state index in [1.54, 1.807) is 0 Å². The van der Waals surface area contributed by atoms with E-state index in [0.717, 1.165) is 37.2 Å². The number of rotatable bonds is 7. The van der Waals surface area contributed by atoms with Crippen LogP contribution in [-0.4, -0.2) is 43.1 Å². The van der Waals surface area contributed by atoms with Crippen LogP contribution in [0.2, 0.25) is 0 Å². The van der Waals surface area contributed by atoms with Gasteiger partial charge in [0, 0.05) is 18.8 Å². The summed E-state index contributed by atoms with van der Waals surface area (Å²) in [5.41, 5.74) is 1.64. The number of para-hydroxylation sites is 1. The molecule has 27 heavy (non-hydrogen) atoms. The summed E-state index contributed by atoms with van der Waals surface area (Å²) < 4.78 is 5.52. The number of likely N-dealkylation sites (tertiary alicyclic amines) is 1. The van der Waals surface area contributed by atoms with Crippen molar-refractivity contribution in [1.29, 1.82) is 0 Å². The molecule has 0 spiro atoms. The van der Waals surface area contributed by atoms with Gasteiger partial charge in [-0.2, -0.15) is 0 Å². The molecule has 0 aromatic heterocycles. The summed E-state index contributed by atoms with van der Waals surface area (Å²) in [6, 6.07) is 16.6. The third-order valence-electron chi connectivity index (χ3n) is 4.43. The number of benzene rings is 2. The number of ether oxygens (including phenoxy) is 1. The van der Waals surface area contributed by atoms with E-state index in [1.807, 2.05) is 59.5 Å². The molecule has 3 rings (SSSR count). The molecule has 0 aliphatic carbocycles. The first-order chi connectivity index (χ1) is 13.2. The van der Waals surface area contributed by atoms with Gasteiger partial charge in [-0.3, -0.25) is 4.79 Å². The third kappa shape index (κ3) is 6.02. The molecule has 0 saturated carbocycles. The molecule has 1 heterocycles. The van der Waals surface area contributed by atoms with Crippen LogP contribution in [0.4, 0.5) is 10.5 Å². The van der Waals surface area contributed by atoms with Crippen molar-refractivity contribution in [3.05, 3.63) is 60.2 Å². The Labute approximate surface area is 159 Å². The Bertz CT molecular complexity index is 741. The Morgan fingerprint density at radius 3 is 2.37 bits per heavy atom. The number of carbonyl (C=O) groups excluding carboxylic acids is 2. The van der Waals surface area contributed by atoms with Crippen LogP contribution in [-0.2, 0) is 11.2 Å². The lowest BCUT2D eigenvalue weighted by molar-refractivity contribution is -0.129. The first kappa shape index (κ1) is 18.8. The number of carbonyl (C=O) groups is 2. The Kier molecular flexibility index (Phi) is 6.68. The van der Waals surface area contributed by atoms with E-state index in [0.29, 0.717) is 25.3 Å². The predicted molar refractivity (Wildman–Crippen MR) is 105 cm³/mol. The van der Waals surface area contributed by atoms with Crippen LogP contribution in [0.3, 0.4) is 0 Å². The molecule has 1 aliphatic rings. The van der Waals surface area contributed by atoms with Gasteiger partial charge in [-0.25, -0.2) is 4.79 Å². The van der Waals surface area contributed by atoms with Crippen molar-refractivity contribution < 1.29 is 14.3 Å². The van der Waals surface area contributed by atoms with E-state index < -0.39 is 0 Å². The number of anilines is 1. The van der Waals surface area contributed by atoms with Crippen LogP contribution in [0.15, 0.2) is 54.6 Å². The van der Waals surface area contributed by atoms with Gasteiger partial charge in [-0.15, -0.1) is 0 Å². The number of amides is 3. The molecular weight excluding hydrogens is 342 g/mol. The minimum atomic E-state index is -0.285.